The Morgan fingerprint density at radius 2 is 1.90 bits per heavy atom. The van der Waals surface area contributed by atoms with Crippen molar-refractivity contribution in [2.75, 3.05) is 46.3 Å². The topological polar surface area (TPSA) is 64.1 Å². The van der Waals surface area contributed by atoms with E-state index in [-0.39, 0.29) is 17.7 Å². The van der Waals surface area contributed by atoms with Gasteiger partial charge in [0.25, 0.3) is 0 Å². The van der Waals surface area contributed by atoms with Gasteiger partial charge in [-0.1, -0.05) is 0 Å². The van der Waals surface area contributed by atoms with E-state index in [2.05, 4.69) is 4.90 Å². The number of β-amino-alcohol motifs (C(OH)–C–C–N with tert-alkyl or cyclic N) is 1. The van der Waals surface area contributed by atoms with Crippen molar-refractivity contribution in [1.82, 2.24) is 14.7 Å². The van der Waals surface area contributed by atoms with Crippen LogP contribution in [0.2, 0.25) is 0 Å². The molecule has 20 heavy (non-hydrogen) atoms. The molecule has 1 atom stereocenters. The molecule has 0 spiro atoms. The Morgan fingerprint density at radius 3 is 2.35 bits per heavy atom. The maximum absolute atomic E-state index is 12.4. The fourth-order valence-electron chi connectivity index (χ4n) is 2.96. The molecule has 6 nitrogen and oxygen atoms in total. The molecule has 2 rings (SSSR count). The van der Waals surface area contributed by atoms with Crippen molar-refractivity contribution in [2.45, 2.75) is 25.9 Å². The first-order chi connectivity index (χ1) is 9.26. The molecule has 0 saturated carbocycles. The molecule has 2 saturated heterocycles. The fraction of sp³-hybridized carbons (Fsp3) is 0.857. The summed E-state index contributed by atoms with van der Waals surface area (Å²) in [6.45, 7) is 7.70. The molecule has 114 valence electrons. The number of piperazine rings is 1. The van der Waals surface area contributed by atoms with Crippen molar-refractivity contribution in [3.63, 3.8) is 0 Å². The van der Waals surface area contributed by atoms with Gasteiger partial charge in [-0.3, -0.25) is 14.5 Å². The summed E-state index contributed by atoms with van der Waals surface area (Å²) >= 11 is 0. The predicted molar refractivity (Wildman–Crippen MR) is 75.1 cm³/mol. The summed E-state index contributed by atoms with van der Waals surface area (Å²) in [5, 5.41) is 9.81. The molecular formula is C14H25N3O3. The SMILES string of the molecule is CN1CC(C(=O)N2CCN(CC(C)(C)O)CC2)CC1=O. The van der Waals surface area contributed by atoms with Crippen LogP contribution in [-0.2, 0) is 9.59 Å². The van der Waals surface area contributed by atoms with Crippen molar-refractivity contribution >= 4 is 11.8 Å². The second-order valence-corrected chi connectivity index (χ2v) is 6.59. The molecule has 1 N–H and O–H groups in total. The second kappa shape index (κ2) is 5.69. The number of carbonyl (C=O) groups is 2. The monoisotopic (exact) mass is 283 g/mol. The Kier molecular flexibility index (Phi) is 4.34. The molecule has 1 unspecified atom stereocenters. The first-order valence-corrected chi connectivity index (χ1v) is 7.24. The summed E-state index contributed by atoms with van der Waals surface area (Å²) < 4.78 is 0. The van der Waals surface area contributed by atoms with E-state index in [9.17, 15) is 14.7 Å². The minimum atomic E-state index is -0.702. The highest BCUT2D eigenvalue weighted by atomic mass is 16.3. The number of carbonyl (C=O) groups excluding carboxylic acids is 2. The van der Waals surface area contributed by atoms with Gasteiger partial charge in [0.1, 0.15) is 0 Å². The van der Waals surface area contributed by atoms with E-state index in [4.69, 9.17) is 0 Å². The number of rotatable bonds is 3. The molecule has 2 fully saturated rings. The first-order valence-electron chi connectivity index (χ1n) is 7.24. The van der Waals surface area contributed by atoms with E-state index in [0.29, 0.717) is 32.6 Å². The standard InChI is InChI=1S/C14H25N3O3/c1-14(2,20)10-16-4-6-17(7-5-16)13(19)11-8-12(18)15(3)9-11/h11,20H,4-10H2,1-3H3. The van der Waals surface area contributed by atoms with Crippen LogP contribution < -0.4 is 0 Å². The lowest BCUT2D eigenvalue weighted by Gasteiger charge is -2.38. The summed E-state index contributed by atoms with van der Waals surface area (Å²) in [7, 11) is 1.75. The molecule has 0 bridgehead atoms. The molecule has 2 heterocycles. The highest BCUT2D eigenvalue weighted by molar-refractivity contribution is 5.89. The number of nitrogens with zero attached hydrogens (tertiary/aromatic N) is 3. The van der Waals surface area contributed by atoms with E-state index in [1.807, 2.05) is 4.90 Å². The summed E-state index contributed by atoms with van der Waals surface area (Å²) in [5.41, 5.74) is -0.702. The summed E-state index contributed by atoms with van der Waals surface area (Å²) in [4.78, 5) is 29.5. The van der Waals surface area contributed by atoms with Gasteiger partial charge < -0.3 is 14.9 Å². The summed E-state index contributed by atoms with van der Waals surface area (Å²) in [6, 6.07) is 0. The van der Waals surface area contributed by atoms with E-state index < -0.39 is 5.60 Å². The van der Waals surface area contributed by atoms with Crippen LogP contribution in [0.5, 0.6) is 0 Å². The van der Waals surface area contributed by atoms with Crippen molar-refractivity contribution < 1.29 is 14.7 Å². The van der Waals surface area contributed by atoms with Crippen LogP contribution in [-0.4, -0.2) is 83.5 Å². The van der Waals surface area contributed by atoms with Crippen LogP contribution in [0, 0.1) is 5.92 Å². The molecule has 2 aliphatic rings. The normalized spacial score (nSPS) is 25.4. The van der Waals surface area contributed by atoms with E-state index in [0.717, 1.165) is 13.1 Å². The quantitative estimate of drug-likeness (QED) is 0.750. The van der Waals surface area contributed by atoms with Crippen LogP contribution in [0.1, 0.15) is 20.3 Å². The largest absolute Gasteiger partial charge is 0.389 e. The number of hydrogen-bond acceptors (Lipinski definition) is 4. The van der Waals surface area contributed by atoms with E-state index in [1.54, 1.807) is 25.8 Å². The molecule has 0 aliphatic carbocycles. The van der Waals surface area contributed by atoms with Gasteiger partial charge in [0.15, 0.2) is 0 Å². The lowest BCUT2D eigenvalue weighted by molar-refractivity contribution is -0.137. The zero-order valence-corrected chi connectivity index (χ0v) is 12.6. The van der Waals surface area contributed by atoms with Gasteiger partial charge in [0.05, 0.1) is 11.5 Å². The number of hydrogen-bond donors (Lipinski definition) is 1. The van der Waals surface area contributed by atoms with Gasteiger partial charge in [-0.15, -0.1) is 0 Å². The van der Waals surface area contributed by atoms with Gasteiger partial charge in [0, 0.05) is 52.7 Å². The molecule has 0 aromatic carbocycles. The Morgan fingerprint density at radius 1 is 1.30 bits per heavy atom. The molecule has 0 radical (unpaired) electrons. The highest BCUT2D eigenvalue weighted by Crippen LogP contribution is 2.19. The fourth-order valence-corrected chi connectivity index (χ4v) is 2.96. The zero-order chi connectivity index (χ0) is 14.9. The molecule has 0 aromatic rings. The minimum absolute atomic E-state index is 0.0593. The second-order valence-electron chi connectivity index (χ2n) is 6.59. The van der Waals surface area contributed by atoms with Crippen LogP contribution in [0.3, 0.4) is 0 Å². The lowest BCUT2D eigenvalue weighted by atomic mass is 10.1. The summed E-state index contributed by atoms with van der Waals surface area (Å²) in [5.74, 6) is -0.0112. The van der Waals surface area contributed by atoms with Gasteiger partial charge in [0.2, 0.25) is 11.8 Å². The van der Waals surface area contributed by atoms with Gasteiger partial charge in [-0.2, -0.15) is 0 Å². The predicted octanol–water partition coefficient (Wildman–Crippen LogP) is -0.620. The smallest absolute Gasteiger partial charge is 0.228 e. The molecule has 6 heteroatoms. The maximum Gasteiger partial charge on any atom is 0.228 e. The van der Waals surface area contributed by atoms with Gasteiger partial charge in [-0.05, 0) is 13.8 Å². The highest BCUT2D eigenvalue weighted by Gasteiger charge is 2.35. The van der Waals surface area contributed by atoms with Crippen molar-refractivity contribution in [2.24, 2.45) is 5.92 Å². The van der Waals surface area contributed by atoms with E-state index in [1.165, 1.54) is 0 Å². The van der Waals surface area contributed by atoms with Crippen LogP contribution in [0.25, 0.3) is 0 Å². The van der Waals surface area contributed by atoms with Crippen LogP contribution >= 0.6 is 0 Å². The number of amides is 2. The number of aliphatic hydroxyl groups is 1. The first kappa shape index (κ1) is 15.3. The molecule has 2 amide bonds. The Balaban J connectivity index is 1.82. The third-order valence-electron chi connectivity index (χ3n) is 3.98. The molecule has 0 aromatic heterocycles. The van der Waals surface area contributed by atoms with Crippen LogP contribution in [0.4, 0.5) is 0 Å². The Labute approximate surface area is 120 Å². The van der Waals surface area contributed by atoms with Crippen molar-refractivity contribution in [3.8, 4) is 0 Å². The molecule has 2 aliphatic heterocycles. The third kappa shape index (κ3) is 3.70. The maximum atomic E-state index is 12.4. The van der Waals surface area contributed by atoms with Gasteiger partial charge in [-0.25, -0.2) is 0 Å². The Bertz CT molecular complexity index is 384. The van der Waals surface area contributed by atoms with Crippen molar-refractivity contribution in [1.29, 1.82) is 0 Å². The average molecular weight is 283 g/mol. The zero-order valence-electron chi connectivity index (χ0n) is 12.6. The average Bonchev–Trinajstić information content (AvgIpc) is 2.68. The van der Waals surface area contributed by atoms with Crippen molar-refractivity contribution in [3.05, 3.63) is 0 Å². The minimum Gasteiger partial charge on any atom is -0.389 e. The van der Waals surface area contributed by atoms with Crippen LogP contribution in [0.15, 0.2) is 0 Å². The molecular weight excluding hydrogens is 258 g/mol. The third-order valence-corrected chi connectivity index (χ3v) is 3.98. The van der Waals surface area contributed by atoms with Gasteiger partial charge >= 0.3 is 0 Å². The number of likely N-dealkylation sites (tertiary alicyclic amines) is 1. The summed E-state index contributed by atoms with van der Waals surface area (Å²) in [6.07, 6.45) is 0.346. The lowest BCUT2D eigenvalue weighted by Crippen LogP contribution is -2.53. The Hall–Kier alpha value is -1.14. The van der Waals surface area contributed by atoms with E-state index >= 15 is 0 Å².